The number of halogens is 1. The fourth-order valence-electron chi connectivity index (χ4n) is 1.84. The molecule has 0 saturated heterocycles. The van der Waals surface area contributed by atoms with E-state index in [-0.39, 0.29) is 6.10 Å². The lowest BCUT2D eigenvalue weighted by atomic mass is 10.3. The Kier molecular flexibility index (Phi) is 3.97. The van der Waals surface area contributed by atoms with Crippen molar-refractivity contribution in [2.45, 2.75) is 26.0 Å². The van der Waals surface area contributed by atoms with Crippen molar-refractivity contribution in [3.63, 3.8) is 0 Å². The van der Waals surface area contributed by atoms with Crippen molar-refractivity contribution in [2.75, 3.05) is 13.0 Å². The molecule has 2 aromatic rings. The number of methoxy groups -OCH3 is 1. The van der Waals surface area contributed by atoms with E-state index in [1.807, 2.05) is 13.0 Å². The van der Waals surface area contributed by atoms with E-state index in [0.29, 0.717) is 5.88 Å². The Hall–Kier alpha value is -1.13. The molecule has 17 heavy (non-hydrogen) atoms. The van der Waals surface area contributed by atoms with Crippen LogP contribution in [0, 0.1) is 0 Å². The van der Waals surface area contributed by atoms with Gasteiger partial charge in [-0.05, 0) is 13.0 Å². The van der Waals surface area contributed by atoms with E-state index in [1.165, 1.54) is 0 Å². The van der Waals surface area contributed by atoms with E-state index in [2.05, 4.69) is 14.5 Å². The molecule has 0 bridgehead atoms. The maximum absolute atomic E-state index is 5.81. The maximum atomic E-state index is 5.81. The lowest BCUT2D eigenvalue weighted by Gasteiger charge is -2.13. The zero-order valence-corrected chi connectivity index (χ0v) is 10.8. The Labute approximate surface area is 106 Å². The second-order valence-electron chi connectivity index (χ2n) is 3.99. The smallest absolute Gasteiger partial charge is 0.111 e. The van der Waals surface area contributed by atoms with E-state index in [0.717, 1.165) is 29.8 Å². The molecule has 0 aliphatic heterocycles. The molecule has 0 fully saturated rings. The molecule has 2 rings (SSSR count). The first kappa shape index (κ1) is 12.3. The molecule has 0 radical (unpaired) electrons. The molecule has 92 valence electrons. The van der Waals surface area contributed by atoms with Crippen LogP contribution in [0.5, 0.6) is 0 Å². The second kappa shape index (κ2) is 5.47. The summed E-state index contributed by atoms with van der Waals surface area (Å²) in [5.74, 6) is 1.56. The summed E-state index contributed by atoms with van der Waals surface area (Å²) in [6.45, 7) is 2.82. The number of imidazole rings is 1. The van der Waals surface area contributed by atoms with Gasteiger partial charge in [-0.2, -0.15) is 0 Å². The van der Waals surface area contributed by atoms with Gasteiger partial charge >= 0.3 is 0 Å². The summed E-state index contributed by atoms with van der Waals surface area (Å²) >= 11 is 5.81. The second-order valence-corrected chi connectivity index (χ2v) is 4.37. The van der Waals surface area contributed by atoms with Crippen LogP contribution in [0.3, 0.4) is 0 Å². The number of rotatable bonds is 5. The monoisotopic (exact) mass is 253 g/mol. The van der Waals surface area contributed by atoms with Crippen LogP contribution >= 0.6 is 11.6 Å². The first-order valence-corrected chi connectivity index (χ1v) is 6.17. The van der Waals surface area contributed by atoms with Crippen molar-refractivity contribution in [3.05, 3.63) is 24.3 Å². The number of nitrogens with zero attached hydrogens (tertiary/aromatic N) is 3. The Morgan fingerprint density at radius 2 is 2.35 bits per heavy atom. The van der Waals surface area contributed by atoms with Crippen LogP contribution in [-0.4, -0.2) is 33.6 Å². The van der Waals surface area contributed by atoms with Crippen molar-refractivity contribution in [1.82, 2.24) is 14.5 Å². The zero-order valence-electron chi connectivity index (χ0n) is 10.1. The topological polar surface area (TPSA) is 39.9 Å². The molecular formula is C12H16ClN3O. The predicted octanol–water partition coefficient (Wildman–Crippen LogP) is 2.25. The summed E-state index contributed by atoms with van der Waals surface area (Å²) in [6.07, 6.45) is 4.46. The summed E-state index contributed by atoms with van der Waals surface area (Å²) in [4.78, 5) is 8.64. The van der Waals surface area contributed by atoms with Crippen LogP contribution in [0.25, 0.3) is 11.0 Å². The lowest BCUT2D eigenvalue weighted by Crippen LogP contribution is -2.17. The normalized spacial score (nSPS) is 13.1. The molecule has 0 amide bonds. The number of aryl methyl sites for hydroxylation is 1. The molecule has 4 nitrogen and oxygen atoms in total. The zero-order chi connectivity index (χ0) is 12.3. The van der Waals surface area contributed by atoms with Crippen molar-refractivity contribution >= 4 is 22.6 Å². The minimum atomic E-state index is 0.148. The van der Waals surface area contributed by atoms with Gasteiger partial charge in [0, 0.05) is 25.6 Å². The Balaban J connectivity index is 2.44. The van der Waals surface area contributed by atoms with E-state index >= 15 is 0 Å². The first-order chi connectivity index (χ1) is 8.26. The van der Waals surface area contributed by atoms with Crippen LogP contribution in [0.4, 0.5) is 0 Å². The molecule has 0 aliphatic carbocycles. The number of pyridine rings is 1. The number of aromatic nitrogens is 3. The SMILES string of the molecule is COC(C)Cn1c(CCCl)nc2cnccc21. The highest BCUT2D eigenvalue weighted by atomic mass is 35.5. The number of hydrogen-bond acceptors (Lipinski definition) is 3. The van der Waals surface area contributed by atoms with Crippen LogP contribution in [0.1, 0.15) is 12.7 Å². The summed E-state index contributed by atoms with van der Waals surface area (Å²) in [6, 6.07) is 1.97. The highest BCUT2D eigenvalue weighted by molar-refractivity contribution is 6.17. The van der Waals surface area contributed by atoms with Gasteiger partial charge in [0.1, 0.15) is 11.3 Å². The summed E-state index contributed by atoms with van der Waals surface area (Å²) in [5, 5.41) is 0. The molecule has 0 aromatic carbocycles. The molecule has 0 aliphatic rings. The van der Waals surface area contributed by atoms with Gasteiger partial charge < -0.3 is 9.30 Å². The van der Waals surface area contributed by atoms with Crippen LogP contribution < -0.4 is 0 Å². The molecule has 2 heterocycles. The highest BCUT2D eigenvalue weighted by Crippen LogP contribution is 2.16. The van der Waals surface area contributed by atoms with E-state index in [1.54, 1.807) is 19.5 Å². The van der Waals surface area contributed by atoms with Crippen LogP contribution in [0.2, 0.25) is 0 Å². The van der Waals surface area contributed by atoms with Gasteiger partial charge in [-0.15, -0.1) is 11.6 Å². The molecule has 1 unspecified atom stereocenters. The molecule has 0 saturated carbocycles. The minimum Gasteiger partial charge on any atom is -0.380 e. The van der Waals surface area contributed by atoms with Crippen LogP contribution in [-0.2, 0) is 17.7 Å². The number of alkyl halides is 1. The standard InChI is InChI=1S/C12H16ClN3O/c1-9(17-2)8-16-11-4-6-14-7-10(11)15-12(16)3-5-13/h4,6-7,9H,3,5,8H2,1-2H3. The van der Waals surface area contributed by atoms with Crippen molar-refractivity contribution < 1.29 is 4.74 Å². The number of hydrogen-bond donors (Lipinski definition) is 0. The third kappa shape index (κ3) is 2.58. The fourth-order valence-corrected chi connectivity index (χ4v) is 2.01. The summed E-state index contributed by atoms with van der Waals surface area (Å²) in [7, 11) is 1.71. The molecule has 2 aromatic heterocycles. The largest absolute Gasteiger partial charge is 0.380 e. The quantitative estimate of drug-likeness (QED) is 0.768. The van der Waals surface area contributed by atoms with Gasteiger partial charge in [0.15, 0.2) is 0 Å². The van der Waals surface area contributed by atoms with Gasteiger partial charge in [-0.1, -0.05) is 0 Å². The van der Waals surface area contributed by atoms with Gasteiger partial charge in [-0.25, -0.2) is 4.98 Å². The molecule has 5 heteroatoms. The summed E-state index contributed by atoms with van der Waals surface area (Å²) in [5.41, 5.74) is 2.00. The van der Waals surface area contributed by atoms with Crippen molar-refractivity contribution in [3.8, 4) is 0 Å². The molecule has 0 spiro atoms. The average Bonchev–Trinajstić information content (AvgIpc) is 2.68. The Bertz CT molecular complexity index is 497. The van der Waals surface area contributed by atoms with E-state index in [4.69, 9.17) is 16.3 Å². The first-order valence-electron chi connectivity index (χ1n) is 5.64. The maximum Gasteiger partial charge on any atom is 0.111 e. The third-order valence-corrected chi connectivity index (χ3v) is 2.98. The minimum absolute atomic E-state index is 0.148. The predicted molar refractivity (Wildman–Crippen MR) is 68.4 cm³/mol. The van der Waals surface area contributed by atoms with Gasteiger partial charge in [0.2, 0.25) is 0 Å². The van der Waals surface area contributed by atoms with Gasteiger partial charge in [-0.3, -0.25) is 4.98 Å². The number of fused-ring (bicyclic) bond motifs is 1. The Morgan fingerprint density at radius 3 is 3.06 bits per heavy atom. The van der Waals surface area contributed by atoms with E-state index in [9.17, 15) is 0 Å². The van der Waals surface area contributed by atoms with Gasteiger partial charge in [0.05, 0.1) is 24.4 Å². The third-order valence-electron chi connectivity index (χ3n) is 2.79. The van der Waals surface area contributed by atoms with Crippen LogP contribution in [0.15, 0.2) is 18.5 Å². The Morgan fingerprint density at radius 1 is 1.53 bits per heavy atom. The number of ether oxygens (including phenoxy) is 1. The average molecular weight is 254 g/mol. The molecular weight excluding hydrogens is 238 g/mol. The lowest BCUT2D eigenvalue weighted by molar-refractivity contribution is 0.103. The van der Waals surface area contributed by atoms with Crippen molar-refractivity contribution in [1.29, 1.82) is 0 Å². The fraction of sp³-hybridized carbons (Fsp3) is 0.500. The van der Waals surface area contributed by atoms with Crippen molar-refractivity contribution in [2.24, 2.45) is 0 Å². The molecule has 0 N–H and O–H groups in total. The highest BCUT2D eigenvalue weighted by Gasteiger charge is 2.12. The van der Waals surface area contributed by atoms with E-state index < -0.39 is 0 Å². The van der Waals surface area contributed by atoms with Gasteiger partial charge in [0.25, 0.3) is 0 Å². The summed E-state index contributed by atoms with van der Waals surface area (Å²) < 4.78 is 7.47. The molecule has 1 atom stereocenters.